The van der Waals surface area contributed by atoms with E-state index in [9.17, 15) is 4.79 Å². The standard InChI is InChI=1S/C17H33N3O.2ClH/c1-4-20(5-2)10-6-7-12(3)19-17(21)15-13-8-9-14(11-13)16(15)18;;/h12-16H,4-11,18H2,1-3H3,(H,19,21);2*1H. The van der Waals surface area contributed by atoms with Crippen LogP contribution < -0.4 is 11.1 Å². The minimum atomic E-state index is 0. The zero-order valence-corrected chi connectivity index (χ0v) is 16.4. The summed E-state index contributed by atoms with van der Waals surface area (Å²) in [5.74, 6) is 1.44. The van der Waals surface area contributed by atoms with Crippen molar-refractivity contribution in [2.75, 3.05) is 19.6 Å². The quantitative estimate of drug-likeness (QED) is 0.693. The summed E-state index contributed by atoms with van der Waals surface area (Å²) in [6.45, 7) is 9.87. The third-order valence-electron chi connectivity index (χ3n) is 5.68. The molecular weight excluding hydrogens is 333 g/mol. The van der Waals surface area contributed by atoms with Crippen molar-refractivity contribution in [3.05, 3.63) is 0 Å². The van der Waals surface area contributed by atoms with Crippen molar-refractivity contribution in [2.45, 2.75) is 65.0 Å². The molecule has 5 unspecified atom stereocenters. The third-order valence-corrected chi connectivity index (χ3v) is 5.68. The van der Waals surface area contributed by atoms with E-state index in [2.05, 4.69) is 31.0 Å². The number of amides is 1. The Morgan fingerprint density at radius 2 is 1.83 bits per heavy atom. The van der Waals surface area contributed by atoms with Gasteiger partial charge >= 0.3 is 0 Å². The molecule has 0 radical (unpaired) electrons. The van der Waals surface area contributed by atoms with Gasteiger partial charge in [0.1, 0.15) is 0 Å². The second kappa shape index (κ2) is 10.8. The Bertz CT molecular complexity index is 351. The molecule has 0 aromatic heterocycles. The first-order valence-corrected chi connectivity index (χ1v) is 8.85. The van der Waals surface area contributed by atoms with Gasteiger partial charge in [0.05, 0.1) is 5.92 Å². The summed E-state index contributed by atoms with van der Waals surface area (Å²) >= 11 is 0. The molecule has 2 aliphatic carbocycles. The van der Waals surface area contributed by atoms with Crippen LogP contribution in [0, 0.1) is 17.8 Å². The molecule has 4 nitrogen and oxygen atoms in total. The van der Waals surface area contributed by atoms with E-state index in [1.54, 1.807) is 0 Å². The monoisotopic (exact) mass is 367 g/mol. The molecule has 0 aliphatic heterocycles. The van der Waals surface area contributed by atoms with Gasteiger partial charge in [-0.15, -0.1) is 24.8 Å². The molecule has 0 aromatic rings. The minimum absolute atomic E-state index is 0. The maximum Gasteiger partial charge on any atom is 0.225 e. The van der Waals surface area contributed by atoms with Gasteiger partial charge in [0.2, 0.25) is 5.91 Å². The first-order chi connectivity index (χ1) is 10.1. The summed E-state index contributed by atoms with van der Waals surface area (Å²) in [7, 11) is 0. The predicted octanol–water partition coefficient (Wildman–Crippen LogP) is 2.83. The first-order valence-electron chi connectivity index (χ1n) is 8.85. The predicted molar refractivity (Wildman–Crippen MR) is 101 cm³/mol. The number of nitrogens with two attached hydrogens (primary N) is 1. The summed E-state index contributed by atoms with van der Waals surface area (Å²) in [5, 5.41) is 3.21. The molecule has 1 amide bonds. The Morgan fingerprint density at radius 3 is 2.35 bits per heavy atom. The smallest absolute Gasteiger partial charge is 0.225 e. The van der Waals surface area contributed by atoms with Gasteiger partial charge in [-0.25, -0.2) is 0 Å². The lowest BCUT2D eigenvalue weighted by molar-refractivity contribution is -0.127. The van der Waals surface area contributed by atoms with Gasteiger partial charge in [-0.05, 0) is 70.5 Å². The van der Waals surface area contributed by atoms with Crippen LogP contribution in [-0.4, -0.2) is 42.5 Å². The largest absolute Gasteiger partial charge is 0.353 e. The van der Waals surface area contributed by atoms with E-state index < -0.39 is 0 Å². The third kappa shape index (κ3) is 5.77. The van der Waals surface area contributed by atoms with Gasteiger partial charge in [0.15, 0.2) is 0 Å². The van der Waals surface area contributed by atoms with Crippen LogP contribution >= 0.6 is 24.8 Å². The lowest BCUT2D eigenvalue weighted by Crippen LogP contribution is -2.47. The molecule has 2 fully saturated rings. The van der Waals surface area contributed by atoms with Gasteiger partial charge in [0, 0.05) is 12.1 Å². The summed E-state index contributed by atoms with van der Waals surface area (Å²) < 4.78 is 0. The maximum atomic E-state index is 12.5. The Hall–Kier alpha value is -0.0300. The van der Waals surface area contributed by atoms with Crippen LogP contribution in [0.4, 0.5) is 0 Å². The SMILES string of the molecule is CCN(CC)CCCC(C)NC(=O)C1C2CCC(C2)C1N.Cl.Cl. The maximum absolute atomic E-state index is 12.5. The molecule has 2 bridgehead atoms. The van der Waals surface area contributed by atoms with Crippen LogP contribution in [0.25, 0.3) is 0 Å². The van der Waals surface area contributed by atoms with E-state index in [0.717, 1.165) is 32.5 Å². The molecule has 0 spiro atoms. The molecule has 0 saturated heterocycles. The molecule has 0 heterocycles. The van der Waals surface area contributed by atoms with Crippen LogP contribution in [0.2, 0.25) is 0 Å². The normalized spacial score (nSPS) is 29.8. The van der Waals surface area contributed by atoms with Gasteiger partial charge < -0.3 is 16.0 Å². The lowest BCUT2D eigenvalue weighted by atomic mass is 9.84. The Labute approximate surface area is 154 Å². The van der Waals surface area contributed by atoms with Crippen molar-refractivity contribution in [3.63, 3.8) is 0 Å². The fourth-order valence-corrected chi connectivity index (χ4v) is 4.30. The molecule has 138 valence electrons. The Kier molecular flexibility index (Phi) is 10.7. The highest BCUT2D eigenvalue weighted by Gasteiger charge is 2.49. The number of hydrogen-bond donors (Lipinski definition) is 2. The van der Waals surface area contributed by atoms with Gasteiger partial charge in [-0.3, -0.25) is 4.79 Å². The average Bonchev–Trinajstić information content (AvgIpc) is 3.04. The first kappa shape index (κ1) is 23.0. The van der Waals surface area contributed by atoms with Crippen LogP contribution in [0.3, 0.4) is 0 Å². The zero-order chi connectivity index (χ0) is 15.4. The number of fused-ring (bicyclic) bond motifs is 2. The number of nitrogens with zero attached hydrogens (tertiary/aromatic N) is 1. The van der Waals surface area contributed by atoms with E-state index in [1.807, 2.05) is 0 Å². The zero-order valence-electron chi connectivity index (χ0n) is 14.8. The van der Waals surface area contributed by atoms with Crippen LogP contribution in [0.15, 0.2) is 0 Å². The Morgan fingerprint density at radius 1 is 1.22 bits per heavy atom. The summed E-state index contributed by atoms with van der Waals surface area (Å²) in [5.41, 5.74) is 6.25. The van der Waals surface area contributed by atoms with E-state index in [-0.39, 0.29) is 48.7 Å². The molecule has 0 aromatic carbocycles. The fraction of sp³-hybridized carbons (Fsp3) is 0.941. The molecule has 23 heavy (non-hydrogen) atoms. The summed E-state index contributed by atoms with van der Waals surface area (Å²) in [6.07, 6.45) is 5.81. The van der Waals surface area contributed by atoms with Crippen molar-refractivity contribution in [1.82, 2.24) is 10.2 Å². The molecule has 5 atom stereocenters. The summed E-state index contributed by atoms with van der Waals surface area (Å²) in [4.78, 5) is 14.9. The second-order valence-corrected chi connectivity index (χ2v) is 7.02. The van der Waals surface area contributed by atoms with E-state index in [1.165, 1.54) is 19.3 Å². The number of nitrogens with one attached hydrogen (secondary N) is 1. The molecule has 3 N–H and O–H groups in total. The second-order valence-electron chi connectivity index (χ2n) is 7.02. The van der Waals surface area contributed by atoms with Crippen LogP contribution in [0.1, 0.15) is 52.9 Å². The van der Waals surface area contributed by atoms with Crippen molar-refractivity contribution < 1.29 is 4.79 Å². The van der Waals surface area contributed by atoms with E-state index in [4.69, 9.17) is 5.73 Å². The number of carbonyl (C=O) groups excluding carboxylic acids is 1. The molecule has 2 rings (SSSR count). The van der Waals surface area contributed by atoms with E-state index >= 15 is 0 Å². The highest BCUT2D eigenvalue weighted by Crippen LogP contribution is 2.47. The molecular formula is C17H35Cl2N3O. The van der Waals surface area contributed by atoms with Crippen molar-refractivity contribution in [2.24, 2.45) is 23.5 Å². The Balaban J connectivity index is 0.00000242. The van der Waals surface area contributed by atoms with Crippen molar-refractivity contribution >= 4 is 30.7 Å². The lowest BCUT2D eigenvalue weighted by Gasteiger charge is -2.28. The van der Waals surface area contributed by atoms with Gasteiger partial charge in [0.25, 0.3) is 0 Å². The molecule has 2 aliphatic rings. The van der Waals surface area contributed by atoms with Crippen LogP contribution in [-0.2, 0) is 4.79 Å². The van der Waals surface area contributed by atoms with Gasteiger partial charge in [-0.1, -0.05) is 13.8 Å². The van der Waals surface area contributed by atoms with Crippen LogP contribution in [0.5, 0.6) is 0 Å². The fourth-order valence-electron chi connectivity index (χ4n) is 4.30. The highest BCUT2D eigenvalue weighted by molar-refractivity contribution is 5.85. The molecule has 2 saturated carbocycles. The summed E-state index contributed by atoms with van der Waals surface area (Å²) in [6, 6.07) is 0.367. The number of rotatable bonds is 8. The minimum Gasteiger partial charge on any atom is -0.353 e. The van der Waals surface area contributed by atoms with Gasteiger partial charge in [-0.2, -0.15) is 0 Å². The number of hydrogen-bond acceptors (Lipinski definition) is 3. The highest BCUT2D eigenvalue weighted by atomic mass is 35.5. The number of carbonyl (C=O) groups is 1. The average molecular weight is 368 g/mol. The van der Waals surface area contributed by atoms with Crippen molar-refractivity contribution in [1.29, 1.82) is 0 Å². The van der Waals surface area contributed by atoms with Crippen molar-refractivity contribution in [3.8, 4) is 0 Å². The van der Waals surface area contributed by atoms with E-state index in [0.29, 0.717) is 11.8 Å². The topological polar surface area (TPSA) is 58.4 Å². The molecule has 6 heteroatoms. The number of halogens is 2.